The van der Waals surface area contributed by atoms with Crippen molar-refractivity contribution in [1.82, 2.24) is 4.90 Å². The van der Waals surface area contributed by atoms with Crippen LogP contribution in [0.5, 0.6) is 0 Å². The highest BCUT2D eigenvalue weighted by Crippen LogP contribution is 2.50. The number of aliphatic hydroxyl groups excluding tert-OH is 1. The molecule has 0 bridgehead atoms. The normalized spacial score (nSPS) is 36.2. The third kappa shape index (κ3) is 3.33. The van der Waals surface area contributed by atoms with E-state index in [4.69, 9.17) is 11.6 Å². The summed E-state index contributed by atoms with van der Waals surface area (Å²) >= 11 is 6.00. The number of likely N-dealkylation sites (tertiary alicyclic amines) is 1. The van der Waals surface area contributed by atoms with Crippen molar-refractivity contribution in [3.05, 3.63) is 34.9 Å². The van der Waals surface area contributed by atoms with E-state index in [1.54, 1.807) is 0 Å². The average Bonchev–Trinajstić information content (AvgIpc) is 2.94. The quantitative estimate of drug-likeness (QED) is 0.841. The molecule has 2 aliphatic carbocycles. The minimum atomic E-state index is -0.155. The molecule has 3 aliphatic rings. The molecule has 2 saturated carbocycles. The van der Waals surface area contributed by atoms with Crippen molar-refractivity contribution >= 4 is 17.5 Å². The van der Waals surface area contributed by atoms with Crippen molar-refractivity contribution in [2.45, 2.75) is 75.9 Å². The van der Waals surface area contributed by atoms with Crippen LogP contribution < -0.4 is 0 Å². The lowest BCUT2D eigenvalue weighted by molar-refractivity contribution is -0.140. The fraction of sp³-hybridized carbons (Fsp3) is 0.667. The molecule has 0 aromatic heterocycles. The maximum absolute atomic E-state index is 13.2. The van der Waals surface area contributed by atoms with E-state index >= 15 is 0 Å². The highest BCUT2D eigenvalue weighted by Gasteiger charge is 2.50. The number of aliphatic hydroxyl groups is 1. The van der Waals surface area contributed by atoms with Gasteiger partial charge in [-0.3, -0.25) is 4.79 Å². The molecule has 0 radical (unpaired) electrons. The van der Waals surface area contributed by atoms with E-state index < -0.39 is 0 Å². The third-order valence-corrected chi connectivity index (χ3v) is 7.19. The van der Waals surface area contributed by atoms with Gasteiger partial charge in [0.15, 0.2) is 0 Å². The molecule has 3 nitrogen and oxygen atoms in total. The predicted octanol–water partition coefficient (Wildman–Crippen LogP) is 4.52. The van der Waals surface area contributed by atoms with Gasteiger partial charge < -0.3 is 10.0 Å². The zero-order valence-electron chi connectivity index (χ0n) is 14.8. The number of nitrogens with zero attached hydrogens (tertiary/aromatic N) is 1. The van der Waals surface area contributed by atoms with Gasteiger partial charge in [-0.15, -0.1) is 0 Å². The van der Waals surface area contributed by atoms with Gasteiger partial charge in [-0.25, -0.2) is 0 Å². The van der Waals surface area contributed by atoms with E-state index in [-0.39, 0.29) is 11.5 Å². The summed E-state index contributed by atoms with van der Waals surface area (Å²) in [7, 11) is 0. The molecule has 1 aromatic rings. The van der Waals surface area contributed by atoms with Crippen LogP contribution in [-0.2, 0) is 4.79 Å². The lowest BCUT2D eigenvalue weighted by atomic mass is 9.68. The first kappa shape index (κ1) is 17.4. The smallest absolute Gasteiger partial charge is 0.229 e. The van der Waals surface area contributed by atoms with Crippen LogP contribution in [0.25, 0.3) is 0 Å². The van der Waals surface area contributed by atoms with Crippen LogP contribution in [0.2, 0.25) is 5.02 Å². The van der Waals surface area contributed by atoms with Gasteiger partial charge >= 0.3 is 0 Å². The molecule has 136 valence electrons. The minimum Gasteiger partial charge on any atom is -0.393 e. The predicted molar refractivity (Wildman–Crippen MR) is 99.7 cm³/mol. The minimum absolute atomic E-state index is 0.0982. The summed E-state index contributed by atoms with van der Waals surface area (Å²) < 4.78 is 0. The molecule has 0 unspecified atom stereocenters. The summed E-state index contributed by atoms with van der Waals surface area (Å²) in [6, 6.07) is 8.59. The first-order valence-corrected chi connectivity index (χ1v) is 10.2. The number of carbonyl (C=O) groups excluding carboxylic acids is 1. The monoisotopic (exact) mass is 361 g/mol. The Balaban J connectivity index is 1.39. The first-order valence-electron chi connectivity index (χ1n) is 9.82. The Morgan fingerprint density at radius 1 is 0.960 bits per heavy atom. The van der Waals surface area contributed by atoms with Gasteiger partial charge in [-0.2, -0.15) is 0 Å². The summed E-state index contributed by atoms with van der Waals surface area (Å²) in [5, 5.41) is 10.5. The van der Waals surface area contributed by atoms with Crippen LogP contribution >= 0.6 is 11.6 Å². The number of halogens is 1. The van der Waals surface area contributed by atoms with Gasteiger partial charge in [0.2, 0.25) is 5.91 Å². The molecule has 1 amide bonds. The topological polar surface area (TPSA) is 40.5 Å². The fourth-order valence-electron chi connectivity index (χ4n) is 5.27. The molecular formula is C21H28ClNO2. The van der Waals surface area contributed by atoms with Crippen molar-refractivity contribution in [3.63, 3.8) is 0 Å². The lowest BCUT2D eigenvalue weighted by Gasteiger charge is -2.38. The van der Waals surface area contributed by atoms with Gasteiger partial charge in [0.1, 0.15) is 0 Å². The first-order chi connectivity index (χ1) is 12.1. The number of benzene rings is 1. The molecule has 1 saturated heterocycles. The second-order valence-electron chi connectivity index (χ2n) is 8.32. The molecule has 4 heteroatoms. The van der Waals surface area contributed by atoms with Crippen LogP contribution in [0.15, 0.2) is 24.3 Å². The zero-order valence-corrected chi connectivity index (χ0v) is 15.5. The van der Waals surface area contributed by atoms with Crippen LogP contribution in [0.4, 0.5) is 0 Å². The van der Waals surface area contributed by atoms with E-state index in [0.29, 0.717) is 17.9 Å². The van der Waals surface area contributed by atoms with Gasteiger partial charge in [0.05, 0.1) is 11.5 Å². The molecule has 1 heterocycles. The second kappa shape index (κ2) is 6.92. The summed E-state index contributed by atoms with van der Waals surface area (Å²) in [5.74, 6) is 0.970. The van der Waals surface area contributed by atoms with Crippen molar-refractivity contribution in [2.24, 2.45) is 5.41 Å². The van der Waals surface area contributed by atoms with Gasteiger partial charge in [0, 0.05) is 17.6 Å². The summed E-state index contributed by atoms with van der Waals surface area (Å²) in [6.45, 7) is 0.922. The molecule has 25 heavy (non-hydrogen) atoms. The Morgan fingerprint density at radius 3 is 2.24 bits per heavy atom. The van der Waals surface area contributed by atoms with E-state index in [1.165, 1.54) is 5.56 Å². The summed E-state index contributed by atoms with van der Waals surface area (Å²) in [6.07, 6.45) is 8.74. The summed E-state index contributed by atoms with van der Waals surface area (Å²) in [4.78, 5) is 15.4. The largest absolute Gasteiger partial charge is 0.393 e. The Bertz CT molecular complexity index is 613. The fourth-order valence-corrected chi connectivity index (χ4v) is 5.39. The molecule has 0 atom stereocenters. The Kier molecular flexibility index (Phi) is 4.81. The van der Waals surface area contributed by atoms with Crippen molar-refractivity contribution in [3.8, 4) is 0 Å². The van der Waals surface area contributed by atoms with Crippen LogP contribution in [0.3, 0.4) is 0 Å². The SMILES string of the molecule is O=C1N(C2CCC(O)CC2)CC[C@]12CC[C@@H](c1ccc(Cl)cc1)CC2. The summed E-state index contributed by atoms with van der Waals surface area (Å²) in [5.41, 5.74) is 1.27. The average molecular weight is 362 g/mol. The Morgan fingerprint density at radius 2 is 1.60 bits per heavy atom. The van der Waals surface area contributed by atoms with E-state index in [2.05, 4.69) is 17.0 Å². The number of carbonyl (C=O) groups is 1. The Hall–Kier alpha value is -1.06. The van der Waals surface area contributed by atoms with Crippen molar-refractivity contribution in [2.75, 3.05) is 6.54 Å². The zero-order chi connectivity index (χ0) is 17.4. The molecule has 4 rings (SSSR count). The van der Waals surface area contributed by atoms with Gasteiger partial charge in [-0.05, 0) is 81.4 Å². The van der Waals surface area contributed by atoms with Crippen molar-refractivity contribution < 1.29 is 9.90 Å². The molecular weight excluding hydrogens is 334 g/mol. The molecule has 1 aliphatic heterocycles. The third-order valence-electron chi connectivity index (χ3n) is 6.94. The maximum Gasteiger partial charge on any atom is 0.229 e. The van der Waals surface area contributed by atoms with E-state index in [0.717, 1.165) is 69.4 Å². The molecule has 1 spiro atoms. The number of hydrogen-bond donors (Lipinski definition) is 1. The number of amides is 1. The molecule has 3 fully saturated rings. The standard InChI is InChI=1S/C21H28ClNO2/c22-17-3-1-15(2-4-17)16-9-11-21(12-10-16)13-14-23(20(21)25)18-5-7-19(24)8-6-18/h1-4,16,18-19,24H,5-14H2/t16-,18?,19?,21-. The van der Waals surface area contributed by atoms with Gasteiger partial charge in [0.25, 0.3) is 0 Å². The highest BCUT2D eigenvalue weighted by molar-refractivity contribution is 6.30. The molecule has 1 N–H and O–H groups in total. The van der Waals surface area contributed by atoms with Crippen molar-refractivity contribution in [1.29, 1.82) is 0 Å². The highest BCUT2D eigenvalue weighted by atomic mass is 35.5. The van der Waals surface area contributed by atoms with E-state index in [9.17, 15) is 9.90 Å². The van der Waals surface area contributed by atoms with E-state index in [1.807, 2.05) is 12.1 Å². The number of rotatable bonds is 2. The lowest BCUT2D eigenvalue weighted by Crippen LogP contribution is -2.44. The van der Waals surface area contributed by atoms with Crippen LogP contribution in [0.1, 0.15) is 69.3 Å². The van der Waals surface area contributed by atoms with Crippen LogP contribution in [0, 0.1) is 5.41 Å². The Labute approximate surface area is 155 Å². The molecule has 1 aromatic carbocycles. The van der Waals surface area contributed by atoms with Gasteiger partial charge in [-0.1, -0.05) is 23.7 Å². The number of hydrogen-bond acceptors (Lipinski definition) is 2. The van der Waals surface area contributed by atoms with Crippen LogP contribution in [-0.4, -0.2) is 34.6 Å². The second-order valence-corrected chi connectivity index (χ2v) is 8.75. The maximum atomic E-state index is 13.2.